The number of aromatic nitrogens is 1. The quantitative estimate of drug-likeness (QED) is 0.198. The summed E-state index contributed by atoms with van der Waals surface area (Å²) in [7, 11) is 0. The Hall–Kier alpha value is -2.86. The van der Waals surface area contributed by atoms with Crippen molar-refractivity contribution in [2.75, 3.05) is 11.9 Å². The molecule has 0 saturated carbocycles. The van der Waals surface area contributed by atoms with Crippen LogP contribution in [0.25, 0.3) is 10.4 Å². The summed E-state index contributed by atoms with van der Waals surface area (Å²) in [4.78, 5) is 29.6. The van der Waals surface area contributed by atoms with Gasteiger partial charge in [-0.3, -0.25) is 14.6 Å². The summed E-state index contributed by atoms with van der Waals surface area (Å²) in [5.74, 6) is -0.181. The summed E-state index contributed by atoms with van der Waals surface area (Å²) in [5.41, 5.74) is 9.53. The van der Waals surface area contributed by atoms with E-state index >= 15 is 0 Å². The Morgan fingerprint density at radius 3 is 2.68 bits per heavy atom. The third kappa shape index (κ3) is 9.78. The SMILES string of the molecule is C=CC(=O)NCCCCCCCC(=O)Nc1ccc(CN=[N+]=[N-])nc1. The highest BCUT2D eigenvalue weighted by Crippen LogP contribution is 2.10. The average Bonchev–Trinajstić information content (AvgIpc) is 2.63. The Morgan fingerprint density at radius 1 is 1.24 bits per heavy atom. The summed E-state index contributed by atoms with van der Waals surface area (Å²) in [6, 6.07) is 3.46. The van der Waals surface area contributed by atoms with E-state index in [4.69, 9.17) is 5.53 Å². The maximum Gasteiger partial charge on any atom is 0.243 e. The molecule has 1 aromatic rings. The normalized spacial score (nSPS) is 9.76. The smallest absolute Gasteiger partial charge is 0.243 e. The van der Waals surface area contributed by atoms with Crippen LogP contribution in [0, 0.1) is 0 Å². The van der Waals surface area contributed by atoms with Crippen molar-refractivity contribution in [1.29, 1.82) is 0 Å². The fourth-order valence-electron chi connectivity index (χ4n) is 2.14. The Labute approximate surface area is 147 Å². The van der Waals surface area contributed by atoms with Gasteiger partial charge in [-0.25, -0.2) is 0 Å². The lowest BCUT2D eigenvalue weighted by atomic mass is 10.1. The molecular weight excluding hydrogens is 320 g/mol. The fourth-order valence-corrected chi connectivity index (χ4v) is 2.14. The molecule has 0 spiro atoms. The minimum absolute atomic E-state index is 0.0390. The van der Waals surface area contributed by atoms with Gasteiger partial charge in [-0.1, -0.05) is 31.0 Å². The van der Waals surface area contributed by atoms with E-state index in [9.17, 15) is 9.59 Å². The molecule has 8 heteroatoms. The van der Waals surface area contributed by atoms with Gasteiger partial charge < -0.3 is 10.6 Å². The number of carbonyl (C=O) groups is 2. The molecule has 0 radical (unpaired) electrons. The first-order valence-electron chi connectivity index (χ1n) is 8.31. The highest BCUT2D eigenvalue weighted by atomic mass is 16.2. The highest BCUT2D eigenvalue weighted by Gasteiger charge is 2.03. The van der Waals surface area contributed by atoms with E-state index in [0.717, 1.165) is 32.1 Å². The Morgan fingerprint density at radius 2 is 2.00 bits per heavy atom. The van der Waals surface area contributed by atoms with E-state index in [1.807, 2.05) is 0 Å². The van der Waals surface area contributed by atoms with E-state index in [-0.39, 0.29) is 18.4 Å². The number of azide groups is 1. The summed E-state index contributed by atoms with van der Waals surface area (Å²) in [6.07, 6.45) is 8.08. The number of carbonyl (C=O) groups excluding carboxylic acids is 2. The monoisotopic (exact) mass is 344 g/mol. The molecule has 1 aromatic heterocycles. The third-order valence-electron chi connectivity index (χ3n) is 3.47. The molecule has 0 aromatic carbocycles. The van der Waals surface area contributed by atoms with E-state index in [1.165, 1.54) is 6.08 Å². The van der Waals surface area contributed by atoms with Crippen molar-refractivity contribution in [2.24, 2.45) is 5.11 Å². The summed E-state index contributed by atoms with van der Waals surface area (Å²) in [6.45, 7) is 4.25. The van der Waals surface area contributed by atoms with Crippen molar-refractivity contribution in [3.8, 4) is 0 Å². The standard InChI is InChI=1S/C17H24N6O2/c1-2-16(24)19-11-7-5-3-4-6-8-17(25)22-15-10-9-14(20-12-15)13-21-23-18/h2,9-10,12H,1,3-8,11,13H2,(H,19,24)(H,22,25). The molecule has 0 saturated heterocycles. The second-order valence-corrected chi connectivity index (χ2v) is 5.49. The number of nitrogens with one attached hydrogen (secondary N) is 2. The Balaban J connectivity index is 2.09. The molecule has 2 amide bonds. The molecule has 0 aliphatic rings. The van der Waals surface area contributed by atoms with Gasteiger partial charge in [-0.2, -0.15) is 0 Å². The van der Waals surface area contributed by atoms with Crippen LogP contribution >= 0.6 is 0 Å². The lowest BCUT2D eigenvalue weighted by Gasteiger charge is -2.06. The number of rotatable bonds is 12. The van der Waals surface area contributed by atoms with Gasteiger partial charge in [0.25, 0.3) is 0 Å². The lowest BCUT2D eigenvalue weighted by Crippen LogP contribution is -2.21. The number of hydrogen-bond donors (Lipinski definition) is 2. The second kappa shape index (κ2) is 12.5. The minimum atomic E-state index is -0.142. The summed E-state index contributed by atoms with van der Waals surface area (Å²) < 4.78 is 0. The lowest BCUT2D eigenvalue weighted by molar-refractivity contribution is -0.117. The molecule has 0 bridgehead atoms. The average molecular weight is 344 g/mol. The number of pyridine rings is 1. The molecule has 0 atom stereocenters. The van der Waals surface area contributed by atoms with Crippen LogP contribution < -0.4 is 10.6 Å². The predicted molar refractivity (Wildman–Crippen MR) is 96.6 cm³/mol. The van der Waals surface area contributed by atoms with Crippen LogP contribution in [0.2, 0.25) is 0 Å². The fraction of sp³-hybridized carbons (Fsp3) is 0.471. The van der Waals surface area contributed by atoms with Crippen molar-refractivity contribution >= 4 is 17.5 Å². The molecule has 0 fully saturated rings. The van der Waals surface area contributed by atoms with Crippen molar-refractivity contribution < 1.29 is 9.59 Å². The molecule has 2 N–H and O–H groups in total. The summed E-state index contributed by atoms with van der Waals surface area (Å²) >= 11 is 0. The van der Waals surface area contributed by atoms with E-state index < -0.39 is 0 Å². The first-order chi connectivity index (χ1) is 12.2. The topological polar surface area (TPSA) is 120 Å². The highest BCUT2D eigenvalue weighted by molar-refractivity contribution is 5.90. The molecular formula is C17H24N6O2. The van der Waals surface area contributed by atoms with Crippen molar-refractivity contribution in [3.63, 3.8) is 0 Å². The van der Waals surface area contributed by atoms with E-state index in [0.29, 0.717) is 24.3 Å². The zero-order chi connectivity index (χ0) is 18.3. The molecule has 1 heterocycles. The molecule has 0 unspecified atom stereocenters. The number of unbranched alkanes of at least 4 members (excludes halogenated alkanes) is 4. The molecule has 0 aliphatic heterocycles. The van der Waals surface area contributed by atoms with Crippen LogP contribution in [0.1, 0.15) is 44.2 Å². The molecule has 8 nitrogen and oxygen atoms in total. The molecule has 1 rings (SSSR count). The van der Waals surface area contributed by atoms with Gasteiger partial charge in [0.2, 0.25) is 11.8 Å². The van der Waals surface area contributed by atoms with Gasteiger partial charge in [-0.05, 0) is 36.6 Å². The third-order valence-corrected chi connectivity index (χ3v) is 3.47. The number of anilines is 1. The second-order valence-electron chi connectivity index (χ2n) is 5.49. The van der Waals surface area contributed by atoms with Crippen LogP contribution in [-0.4, -0.2) is 23.3 Å². The van der Waals surface area contributed by atoms with Crippen LogP contribution in [0.4, 0.5) is 5.69 Å². The van der Waals surface area contributed by atoms with Crippen molar-refractivity contribution in [1.82, 2.24) is 10.3 Å². The van der Waals surface area contributed by atoms with Crippen LogP contribution in [0.15, 0.2) is 36.1 Å². The molecule has 134 valence electrons. The first kappa shape index (κ1) is 20.2. The Kier molecular flexibility index (Phi) is 10.1. The number of amides is 2. The van der Waals surface area contributed by atoms with Crippen molar-refractivity contribution in [3.05, 3.63) is 47.1 Å². The van der Waals surface area contributed by atoms with Gasteiger partial charge in [-0.15, -0.1) is 0 Å². The van der Waals surface area contributed by atoms with Gasteiger partial charge in [0.05, 0.1) is 18.4 Å². The van der Waals surface area contributed by atoms with Crippen LogP contribution in [-0.2, 0) is 16.1 Å². The number of nitrogens with zero attached hydrogens (tertiary/aromatic N) is 4. The van der Waals surface area contributed by atoms with Gasteiger partial charge in [0, 0.05) is 23.6 Å². The maximum absolute atomic E-state index is 11.9. The zero-order valence-corrected chi connectivity index (χ0v) is 14.3. The van der Waals surface area contributed by atoms with Crippen LogP contribution in [0.5, 0.6) is 0 Å². The predicted octanol–water partition coefficient (Wildman–Crippen LogP) is 3.47. The van der Waals surface area contributed by atoms with Crippen LogP contribution in [0.3, 0.4) is 0 Å². The maximum atomic E-state index is 11.9. The van der Waals surface area contributed by atoms with Gasteiger partial charge in [0.1, 0.15) is 0 Å². The van der Waals surface area contributed by atoms with E-state index in [2.05, 4.69) is 32.2 Å². The molecule has 25 heavy (non-hydrogen) atoms. The number of hydrogen-bond acceptors (Lipinski definition) is 4. The zero-order valence-electron chi connectivity index (χ0n) is 14.3. The minimum Gasteiger partial charge on any atom is -0.353 e. The summed E-state index contributed by atoms with van der Waals surface area (Å²) in [5, 5.41) is 8.95. The van der Waals surface area contributed by atoms with Crippen molar-refractivity contribution in [2.45, 2.75) is 45.1 Å². The van der Waals surface area contributed by atoms with Gasteiger partial charge in [0.15, 0.2) is 0 Å². The molecule has 0 aliphatic carbocycles. The first-order valence-corrected chi connectivity index (χ1v) is 8.31. The largest absolute Gasteiger partial charge is 0.353 e. The Bertz CT molecular complexity index is 608. The van der Waals surface area contributed by atoms with E-state index in [1.54, 1.807) is 18.3 Å². The van der Waals surface area contributed by atoms with Gasteiger partial charge >= 0.3 is 0 Å².